The Morgan fingerprint density at radius 3 is 2.75 bits per heavy atom. The van der Waals surface area contributed by atoms with E-state index in [0.29, 0.717) is 11.5 Å². The summed E-state index contributed by atoms with van der Waals surface area (Å²) in [4.78, 5) is 21.5. The van der Waals surface area contributed by atoms with E-state index in [1.807, 2.05) is 80.7 Å². The maximum Gasteiger partial charge on any atom is 0.230 e. The van der Waals surface area contributed by atoms with Crippen LogP contribution in [0.3, 0.4) is 0 Å². The van der Waals surface area contributed by atoms with Gasteiger partial charge < -0.3 is 5.32 Å². The molecular formula is C24H21N7O. The molecule has 0 aliphatic rings. The number of anilines is 1. The van der Waals surface area contributed by atoms with Crippen LogP contribution < -0.4 is 5.32 Å². The summed E-state index contributed by atoms with van der Waals surface area (Å²) in [6, 6.07) is 19.3. The van der Waals surface area contributed by atoms with Gasteiger partial charge in [-0.1, -0.05) is 18.2 Å². The Morgan fingerprint density at radius 1 is 1.03 bits per heavy atom. The molecule has 0 saturated carbocycles. The van der Waals surface area contributed by atoms with E-state index in [1.165, 1.54) is 6.33 Å². The van der Waals surface area contributed by atoms with Crippen LogP contribution in [0.4, 0.5) is 5.69 Å². The lowest BCUT2D eigenvalue weighted by Crippen LogP contribution is -2.15. The van der Waals surface area contributed by atoms with Crippen LogP contribution in [0.25, 0.3) is 22.7 Å². The highest BCUT2D eigenvalue weighted by atomic mass is 16.1. The number of aromatic nitrogens is 6. The second-order valence-electron chi connectivity index (χ2n) is 7.64. The van der Waals surface area contributed by atoms with Crippen molar-refractivity contribution < 1.29 is 4.79 Å². The number of carbonyl (C=O) groups is 1. The van der Waals surface area contributed by atoms with Gasteiger partial charge in [0.05, 0.1) is 17.8 Å². The quantitative estimate of drug-likeness (QED) is 0.465. The molecule has 0 atom stereocenters. The first-order valence-corrected chi connectivity index (χ1v) is 10.2. The molecule has 0 unspecified atom stereocenters. The summed E-state index contributed by atoms with van der Waals surface area (Å²) in [6.45, 7) is 3.93. The molecular weight excluding hydrogens is 402 g/mol. The molecule has 8 nitrogen and oxygen atoms in total. The number of aryl methyl sites for hydroxylation is 2. The van der Waals surface area contributed by atoms with Crippen molar-refractivity contribution in [1.29, 1.82) is 0 Å². The molecule has 5 aromatic rings. The van der Waals surface area contributed by atoms with E-state index in [9.17, 15) is 4.79 Å². The van der Waals surface area contributed by atoms with Crippen LogP contribution in [0.15, 0.2) is 73.2 Å². The van der Waals surface area contributed by atoms with E-state index in [2.05, 4.69) is 20.4 Å². The fourth-order valence-corrected chi connectivity index (χ4v) is 3.60. The zero-order valence-electron chi connectivity index (χ0n) is 17.7. The lowest BCUT2D eigenvalue weighted by atomic mass is 10.1. The van der Waals surface area contributed by atoms with E-state index in [-0.39, 0.29) is 12.3 Å². The number of nitrogens with zero attached hydrogens (tertiary/aromatic N) is 6. The monoisotopic (exact) mass is 423 g/mol. The summed E-state index contributed by atoms with van der Waals surface area (Å²) in [5.41, 5.74) is 5.85. The van der Waals surface area contributed by atoms with Crippen molar-refractivity contribution in [3.05, 3.63) is 90.1 Å². The topological polar surface area (TPSA) is 90.0 Å². The highest BCUT2D eigenvalue weighted by Crippen LogP contribution is 2.24. The molecule has 5 rings (SSSR count). The molecule has 158 valence electrons. The average molecular weight is 423 g/mol. The van der Waals surface area contributed by atoms with Crippen LogP contribution in [0.5, 0.6) is 0 Å². The molecule has 1 amide bonds. The van der Waals surface area contributed by atoms with Crippen molar-refractivity contribution in [2.75, 3.05) is 5.32 Å². The van der Waals surface area contributed by atoms with Crippen LogP contribution in [0.2, 0.25) is 0 Å². The van der Waals surface area contributed by atoms with E-state index in [1.54, 1.807) is 9.20 Å². The van der Waals surface area contributed by atoms with E-state index in [0.717, 1.165) is 33.8 Å². The normalized spacial score (nSPS) is 11.1. The van der Waals surface area contributed by atoms with Crippen LogP contribution in [-0.4, -0.2) is 35.3 Å². The molecule has 4 heterocycles. The first-order valence-electron chi connectivity index (χ1n) is 10.2. The minimum absolute atomic E-state index is 0.129. The van der Waals surface area contributed by atoms with Gasteiger partial charge in [0.2, 0.25) is 5.91 Å². The number of pyridine rings is 2. The average Bonchev–Trinajstić information content (AvgIpc) is 3.40. The summed E-state index contributed by atoms with van der Waals surface area (Å²) < 4.78 is 3.47. The van der Waals surface area contributed by atoms with Gasteiger partial charge in [-0.3, -0.25) is 4.79 Å². The third kappa shape index (κ3) is 3.98. The maximum absolute atomic E-state index is 12.7. The number of fused-ring (bicyclic) bond motifs is 1. The van der Waals surface area contributed by atoms with Gasteiger partial charge in [-0.15, -0.1) is 0 Å². The molecule has 4 aromatic heterocycles. The molecule has 0 aliphatic carbocycles. The number of hydrogen-bond acceptors (Lipinski definition) is 5. The molecule has 0 radical (unpaired) electrons. The zero-order chi connectivity index (χ0) is 22.1. The van der Waals surface area contributed by atoms with Crippen LogP contribution >= 0.6 is 0 Å². The van der Waals surface area contributed by atoms with Gasteiger partial charge in [-0.05, 0) is 61.9 Å². The minimum atomic E-state index is -0.129. The Labute approximate surface area is 184 Å². The lowest BCUT2D eigenvalue weighted by Gasteiger charge is -2.07. The number of amides is 1. The van der Waals surface area contributed by atoms with Gasteiger partial charge in [0.1, 0.15) is 6.33 Å². The minimum Gasteiger partial charge on any atom is -0.326 e. The van der Waals surface area contributed by atoms with Crippen molar-refractivity contribution in [3.8, 4) is 17.1 Å². The molecule has 1 aromatic carbocycles. The standard InChI is InChI=1S/C24H21N7O/c1-16-5-3-7-19(11-16)28-24(32)13-20-12-21(18-9-10-22-25-15-26-30(22)14-18)31(29-20)23-8-4-6-17(2)27-23/h3-12,14-15H,13H2,1-2H3,(H,28,32). The number of hydrogen-bond donors (Lipinski definition) is 1. The van der Waals surface area contributed by atoms with Gasteiger partial charge in [-0.25, -0.2) is 19.2 Å². The van der Waals surface area contributed by atoms with Gasteiger partial charge in [0.15, 0.2) is 11.5 Å². The van der Waals surface area contributed by atoms with Crippen LogP contribution in [0.1, 0.15) is 17.0 Å². The Morgan fingerprint density at radius 2 is 1.91 bits per heavy atom. The third-order valence-corrected chi connectivity index (χ3v) is 5.06. The van der Waals surface area contributed by atoms with Gasteiger partial charge in [-0.2, -0.15) is 10.2 Å². The summed E-state index contributed by atoms with van der Waals surface area (Å²) in [6.07, 6.45) is 3.55. The van der Waals surface area contributed by atoms with E-state index in [4.69, 9.17) is 5.10 Å². The molecule has 0 fully saturated rings. The second-order valence-corrected chi connectivity index (χ2v) is 7.64. The number of benzene rings is 1. The van der Waals surface area contributed by atoms with Crippen LogP contribution in [0, 0.1) is 13.8 Å². The highest BCUT2D eigenvalue weighted by molar-refractivity contribution is 5.92. The SMILES string of the molecule is Cc1cccc(NC(=O)Cc2cc(-c3ccc4ncnn4c3)n(-c3cccc(C)n3)n2)c1. The Kier molecular flexibility index (Phi) is 4.95. The van der Waals surface area contributed by atoms with Gasteiger partial charge in [0.25, 0.3) is 0 Å². The third-order valence-electron chi connectivity index (χ3n) is 5.06. The first kappa shape index (κ1) is 19.6. The Bertz CT molecular complexity index is 1430. The molecule has 32 heavy (non-hydrogen) atoms. The molecule has 0 bridgehead atoms. The van der Waals surface area contributed by atoms with Crippen molar-refractivity contribution in [2.45, 2.75) is 20.3 Å². The zero-order valence-corrected chi connectivity index (χ0v) is 17.7. The molecule has 1 N–H and O–H groups in total. The summed E-state index contributed by atoms with van der Waals surface area (Å²) >= 11 is 0. The van der Waals surface area contributed by atoms with Crippen molar-refractivity contribution >= 4 is 17.2 Å². The largest absolute Gasteiger partial charge is 0.326 e. The van der Waals surface area contributed by atoms with Gasteiger partial charge in [0, 0.05) is 23.1 Å². The molecule has 0 aliphatic heterocycles. The summed E-state index contributed by atoms with van der Waals surface area (Å²) in [5.74, 6) is 0.555. The lowest BCUT2D eigenvalue weighted by molar-refractivity contribution is -0.115. The molecule has 0 saturated heterocycles. The summed E-state index contributed by atoms with van der Waals surface area (Å²) in [5, 5.41) is 11.9. The summed E-state index contributed by atoms with van der Waals surface area (Å²) in [7, 11) is 0. The van der Waals surface area contributed by atoms with Crippen molar-refractivity contribution in [1.82, 2.24) is 29.4 Å². The number of rotatable bonds is 5. The number of carbonyl (C=O) groups excluding carboxylic acids is 1. The van der Waals surface area contributed by atoms with Crippen LogP contribution in [-0.2, 0) is 11.2 Å². The van der Waals surface area contributed by atoms with E-state index >= 15 is 0 Å². The first-order chi connectivity index (χ1) is 15.5. The smallest absolute Gasteiger partial charge is 0.230 e. The maximum atomic E-state index is 12.7. The van der Waals surface area contributed by atoms with Crippen molar-refractivity contribution in [2.24, 2.45) is 0 Å². The predicted molar refractivity (Wildman–Crippen MR) is 122 cm³/mol. The Balaban J connectivity index is 1.51. The fraction of sp³-hybridized carbons (Fsp3) is 0.125. The van der Waals surface area contributed by atoms with E-state index < -0.39 is 0 Å². The predicted octanol–water partition coefficient (Wildman–Crippen LogP) is 3.78. The molecule has 8 heteroatoms. The van der Waals surface area contributed by atoms with Crippen molar-refractivity contribution in [3.63, 3.8) is 0 Å². The molecule has 0 spiro atoms. The fourth-order valence-electron chi connectivity index (χ4n) is 3.60. The Hall–Kier alpha value is -4.33. The van der Waals surface area contributed by atoms with Gasteiger partial charge >= 0.3 is 0 Å². The number of nitrogens with one attached hydrogen (secondary N) is 1. The highest BCUT2D eigenvalue weighted by Gasteiger charge is 2.16. The second kappa shape index (κ2) is 8.07.